The Morgan fingerprint density at radius 1 is 1.37 bits per heavy atom. The van der Waals surface area contributed by atoms with Gasteiger partial charge in [0.1, 0.15) is 0 Å². The maximum Gasteiger partial charge on any atom is 0.0679 e. The molecule has 19 heavy (non-hydrogen) atoms. The predicted molar refractivity (Wildman–Crippen MR) is 78.0 cm³/mol. The fourth-order valence-corrected chi connectivity index (χ4v) is 2.66. The fraction of sp³-hybridized carbons (Fsp3) is 0.400. The van der Waals surface area contributed by atoms with Gasteiger partial charge in [0.2, 0.25) is 0 Å². The van der Waals surface area contributed by atoms with Crippen LogP contribution in [0.4, 0.5) is 0 Å². The number of nitrogens with zero attached hydrogens (tertiary/aromatic N) is 2. The number of benzene rings is 1. The predicted octanol–water partition coefficient (Wildman–Crippen LogP) is 3.21. The smallest absolute Gasteiger partial charge is 0.0679 e. The minimum Gasteiger partial charge on any atom is -0.330 e. The number of rotatable bonds is 4. The molecule has 0 radical (unpaired) electrons. The Morgan fingerprint density at radius 3 is 2.79 bits per heavy atom. The summed E-state index contributed by atoms with van der Waals surface area (Å²) in [4.78, 5) is 0. The van der Waals surface area contributed by atoms with Crippen LogP contribution >= 0.6 is 11.6 Å². The third-order valence-corrected chi connectivity index (χ3v) is 3.81. The molecule has 3 rings (SSSR count). The lowest BCUT2D eigenvalue weighted by atomic mass is 10.2. The first-order valence-electron chi connectivity index (χ1n) is 6.74. The van der Waals surface area contributed by atoms with Crippen molar-refractivity contribution in [3.8, 4) is 5.69 Å². The Balaban J connectivity index is 2.07. The van der Waals surface area contributed by atoms with Crippen LogP contribution in [0.1, 0.15) is 35.7 Å². The molecule has 0 aliphatic heterocycles. The van der Waals surface area contributed by atoms with Crippen LogP contribution in [0.15, 0.2) is 24.3 Å². The number of hydrogen-bond donors (Lipinski definition) is 1. The summed E-state index contributed by atoms with van der Waals surface area (Å²) in [5.74, 6) is 0.661. The summed E-state index contributed by atoms with van der Waals surface area (Å²) < 4.78 is 2.08. The van der Waals surface area contributed by atoms with Crippen LogP contribution in [0, 0.1) is 6.92 Å². The molecule has 0 saturated heterocycles. The van der Waals surface area contributed by atoms with Crippen molar-refractivity contribution in [3.63, 3.8) is 0 Å². The quantitative estimate of drug-likeness (QED) is 0.931. The third-order valence-electron chi connectivity index (χ3n) is 3.57. The van der Waals surface area contributed by atoms with Gasteiger partial charge >= 0.3 is 0 Å². The van der Waals surface area contributed by atoms with Gasteiger partial charge in [-0.15, -0.1) is 0 Å². The second-order valence-corrected chi connectivity index (χ2v) is 5.65. The molecule has 3 nitrogen and oxygen atoms in total. The Kier molecular flexibility index (Phi) is 3.33. The van der Waals surface area contributed by atoms with Gasteiger partial charge in [-0.05, 0) is 56.1 Å². The molecule has 1 aromatic heterocycles. The van der Waals surface area contributed by atoms with Crippen molar-refractivity contribution in [3.05, 3.63) is 46.2 Å². The van der Waals surface area contributed by atoms with E-state index in [1.165, 1.54) is 18.5 Å². The Labute approximate surface area is 118 Å². The first kappa shape index (κ1) is 12.7. The third kappa shape index (κ3) is 2.53. The summed E-state index contributed by atoms with van der Waals surface area (Å²) in [5.41, 5.74) is 10.3. The van der Waals surface area contributed by atoms with Gasteiger partial charge in [-0.25, -0.2) is 4.68 Å². The van der Waals surface area contributed by atoms with Crippen LogP contribution in [0.3, 0.4) is 0 Å². The van der Waals surface area contributed by atoms with E-state index in [1.54, 1.807) is 0 Å². The van der Waals surface area contributed by atoms with E-state index in [1.807, 2.05) is 18.2 Å². The summed E-state index contributed by atoms with van der Waals surface area (Å²) in [6.45, 7) is 2.71. The molecule has 1 aliphatic rings. The van der Waals surface area contributed by atoms with Gasteiger partial charge in [-0.3, -0.25) is 0 Å². The highest BCUT2D eigenvalue weighted by molar-refractivity contribution is 6.30. The van der Waals surface area contributed by atoms with Gasteiger partial charge < -0.3 is 5.73 Å². The van der Waals surface area contributed by atoms with Crippen LogP contribution in [-0.2, 0) is 6.42 Å². The molecule has 0 spiro atoms. The molecule has 2 aromatic rings. The van der Waals surface area contributed by atoms with Crippen molar-refractivity contribution < 1.29 is 0 Å². The van der Waals surface area contributed by atoms with Gasteiger partial charge in [0.15, 0.2) is 0 Å². The standard InChI is InChI=1S/C15H18ClN3/c1-10-8-12(16)4-5-14(10)19-15(11-2-3-11)9-13(18-19)6-7-17/h4-5,8-9,11H,2-3,6-7,17H2,1H3. The van der Waals surface area contributed by atoms with Crippen molar-refractivity contribution in [1.82, 2.24) is 9.78 Å². The Bertz CT molecular complexity index is 599. The summed E-state index contributed by atoms with van der Waals surface area (Å²) in [6, 6.07) is 8.16. The lowest BCUT2D eigenvalue weighted by molar-refractivity contribution is 0.777. The lowest BCUT2D eigenvalue weighted by Crippen LogP contribution is -2.06. The zero-order valence-electron chi connectivity index (χ0n) is 11.1. The van der Waals surface area contributed by atoms with E-state index in [-0.39, 0.29) is 0 Å². The van der Waals surface area contributed by atoms with E-state index in [2.05, 4.69) is 17.7 Å². The van der Waals surface area contributed by atoms with E-state index < -0.39 is 0 Å². The van der Waals surface area contributed by atoms with Crippen molar-refractivity contribution in [1.29, 1.82) is 0 Å². The monoisotopic (exact) mass is 275 g/mol. The zero-order valence-corrected chi connectivity index (χ0v) is 11.8. The topological polar surface area (TPSA) is 43.8 Å². The lowest BCUT2D eigenvalue weighted by Gasteiger charge is -2.10. The maximum atomic E-state index is 6.03. The molecule has 2 N–H and O–H groups in total. The zero-order chi connectivity index (χ0) is 13.4. The second kappa shape index (κ2) is 4.99. The highest BCUT2D eigenvalue weighted by Crippen LogP contribution is 2.41. The molecular formula is C15H18ClN3. The minimum atomic E-state index is 0.640. The largest absolute Gasteiger partial charge is 0.330 e. The molecule has 1 aromatic carbocycles. The summed E-state index contributed by atoms with van der Waals surface area (Å²) in [6.07, 6.45) is 3.36. The fourth-order valence-electron chi connectivity index (χ4n) is 2.44. The molecule has 1 fully saturated rings. The maximum absolute atomic E-state index is 6.03. The molecule has 4 heteroatoms. The molecule has 0 amide bonds. The van der Waals surface area contributed by atoms with E-state index >= 15 is 0 Å². The van der Waals surface area contributed by atoms with Crippen LogP contribution in [0.25, 0.3) is 5.69 Å². The number of hydrogen-bond acceptors (Lipinski definition) is 2. The van der Waals surface area contributed by atoms with E-state index in [4.69, 9.17) is 22.4 Å². The Morgan fingerprint density at radius 2 is 2.16 bits per heavy atom. The molecule has 0 unspecified atom stereocenters. The van der Waals surface area contributed by atoms with Gasteiger partial charge in [0.25, 0.3) is 0 Å². The second-order valence-electron chi connectivity index (χ2n) is 5.22. The molecule has 0 bridgehead atoms. The number of nitrogens with two attached hydrogens (primary N) is 1. The normalized spacial score (nSPS) is 14.9. The highest BCUT2D eigenvalue weighted by Gasteiger charge is 2.28. The summed E-state index contributed by atoms with van der Waals surface area (Å²) >= 11 is 6.03. The number of aryl methyl sites for hydroxylation is 1. The highest BCUT2D eigenvalue weighted by atomic mass is 35.5. The molecular weight excluding hydrogens is 258 g/mol. The molecule has 0 atom stereocenters. The van der Waals surface area contributed by atoms with Gasteiger partial charge in [-0.1, -0.05) is 11.6 Å². The van der Waals surface area contributed by atoms with Crippen LogP contribution in [-0.4, -0.2) is 16.3 Å². The van der Waals surface area contributed by atoms with Crippen molar-refractivity contribution in [2.24, 2.45) is 5.73 Å². The SMILES string of the molecule is Cc1cc(Cl)ccc1-n1nc(CCN)cc1C1CC1. The van der Waals surface area contributed by atoms with Crippen LogP contribution in [0.2, 0.25) is 5.02 Å². The van der Waals surface area contributed by atoms with Crippen molar-refractivity contribution in [2.75, 3.05) is 6.54 Å². The minimum absolute atomic E-state index is 0.640. The van der Waals surface area contributed by atoms with E-state index in [9.17, 15) is 0 Å². The molecule has 1 saturated carbocycles. The van der Waals surface area contributed by atoms with Gasteiger partial charge in [0.05, 0.1) is 11.4 Å². The van der Waals surface area contributed by atoms with Crippen LogP contribution < -0.4 is 5.73 Å². The average molecular weight is 276 g/mol. The summed E-state index contributed by atoms with van der Waals surface area (Å²) in [5, 5.41) is 5.48. The van der Waals surface area contributed by atoms with E-state index in [0.717, 1.165) is 28.4 Å². The molecule has 1 aliphatic carbocycles. The van der Waals surface area contributed by atoms with Crippen LogP contribution in [0.5, 0.6) is 0 Å². The number of halogens is 1. The first-order chi connectivity index (χ1) is 9.19. The number of aromatic nitrogens is 2. The van der Waals surface area contributed by atoms with E-state index in [0.29, 0.717) is 12.5 Å². The molecule has 100 valence electrons. The summed E-state index contributed by atoms with van der Waals surface area (Å²) in [7, 11) is 0. The average Bonchev–Trinajstić information content (AvgIpc) is 3.12. The van der Waals surface area contributed by atoms with Gasteiger partial charge in [0, 0.05) is 23.1 Å². The molecule has 1 heterocycles. The van der Waals surface area contributed by atoms with Gasteiger partial charge in [-0.2, -0.15) is 5.10 Å². The Hall–Kier alpha value is -1.32. The van der Waals surface area contributed by atoms with Crippen molar-refractivity contribution >= 4 is 11.6 Å². The van der Waals surface area contributed by atoms with Crippen molar-refractivity contribution in [2.45, 2.75) is 32.1 Å². The first-order valence-corrected chi connectivity index (χ1v) is 7.12.